The van der Waals surface area contributed by atoms with Crippen molar-refractivity contribution in [3.63, 3.8) is 0 Å². The number of hydrogen-bond acceptors (Lipinski definition) is 6. The van der Waals surface area contributed by atoms with E-state index < -0.39 is 27.4 Å². The summed E-state index contributed by atoms with van der Waals surface area (Å²) in [6, 6.07) is 25.4. The summed E-state index contributed by atoms with van der Waals surface area (Å²) in [5.74, 6) is -1.36. The van der Waals surface area contributed by atoms with E-state index in [2.05, 4.69) is 10.9 Å². The van der Waals surface area contributed by atoms with Crippen molar-refractivity contribution < 1.29 is 27.2 Å². The summed E-state index contributed by atoms with van der Waals surface area (Å²) in [6.07, 6.45) is 1.22. The van der Waals surface area contributed by atoms with Gasteiger partial charge in [0.25, 0.3) is 5.91 Å². The topological polar surface area (TPSA) is 115 Å². The minimum absolute atomic E-state index is 0.136. The largest absolute Gasteiger partial charge is 0.489 e. The van der Waals surface area contributed by atoms with Crippen LogP contribution in [0.5, 0.6) is 5.75 Å². The molecule has 1 heterocycles. The summed E-state index contributed by atoms with van der Waals surface area (Å²) in [5.41, 5.74) is 6.05. The highest BCUT2D eigenvalue weighted by Gasteiger charge is 2.23. The fourth-order valence-corrected chi connectivity index (χ4v) is 4.63. The quantitative estimate of drug-likeness (QED) is 0.362. The molecular weight excluding hydrogens is 468 g/mol. The average molecular weight is 491 g/mol. The van der Waals surface area contributed by atoms with E-state index in [9.17, 15) is 18.0 Å². The van der Waals surface area contributed by atoms with Gasteiger partial charge in [-0.3, -0.25) is 20.4 Å². The van der Waals surface area contributed by atoms with Crippen molar-refractivity contribution in [2.24, 2.45) is 0 Å². The second-order valence-corrected chi connectivity index (χ2v) is 9.54. The van der Waals surface area contributed by atoms with Crippen LogP contribution in [0.15, 0.2) is 107 Å². The number of ether oxygens (including phenoxy) is 1. The molecule has 2 amide bonds. The molecule has 1 aromatic heterocycles. The zero-order valence-electron chi connectivity index (χ0n) is 18.5. The van der Waals surface area contributed by atoms with Crippen LogP contribution in [0, 0.1) is 0 Å². The highest BCUT2D eigenvalue weighted by Crippen LogP contribution is 2.20. The number of hydrazine groups is 1. The van der Waals surface area contributed by atoms with E-state index in [0.29, 0.717) is 17.9 Å². The summed E-state index contributed by atoms with van der Waals surface area (Å²) >= 11 is 0. The molecule has 4 aromatic rings. The number of rotatable bonds is 8. The number of furan rings is 1. The van der Waals surface area contributed by atoms with Gasteiger partial charge in [-0.15, -0.1) is 0 Å². The summed E-state index contributed by atoms with van der Waals surface area (Å²) < 4.78 is 36.1. The van der Waals surface area contributed by atoms with Gasteiger partial charge in [-0.1, -0.05) is 48.5 Å². The summed E-state index contributed by atoms with van der Waals surface area (Å²) in [5, 5.41) is 0. The molecule has 2 N–H and O–H groups in total. The molecule has 0 saturated heterocycles. The molecule has 0 bridgehead atoms. The zero-order valence-corrected chi connectivity index (χ0v) is 19.3. The summed E-state index contributed by atoms with van der Waals surface area (Å²) in [4.78, 5) is 25.1. The first-order chi connectivity index (χ1) is 16.9. The number of amides is 2. The number of nitrogens with one attached hydrogen (secondary N) is 2. The first-order valence-corrected chi connectivity index (χ1v) is 12.3. The van der Waals surface area contributed by atoms with Gasteiger partial charge in [0, 0.05) is 11.1 Å². The monoisotopic (exact) mass is 490 g/mol. The first-order valence-electron chi connectivity index (χ1n) is 10.6. The Morgan fingerprint density at radius 2 is 1.40 bits per heavy atom. The molecule has 8 nitrogen and oxygen atoms in total. The van der Waals surface area contributed by atoms with Crippen LogP contribution in [0.4, 0.5) is 0 Å². The molecule has 0 unspecified atom stereocenters. The fraction of sp³-hybridized carbons (Fsp3) is 0.0769. The van der Waals surface area contributed by atoms with Crippen molar-refractivity contribution in [2.75, 3.05) is 0 Å². The minimum Gasteiger partial charge on any atom is -0.489 e. The second kappa shape index (κ2) is 10.7. The summed E-state index contributed by atoms with van der Waals surface area (Å²) in [6.45, 7) is 0.397. The van der Waals surface area contributed by atoms with E-state index >= 15 is 0 Å². The molecule has 178 valence electrons. The van der Waals surface area contributed by atoms with Crippen molar-refractivity contribution in [3.8, 4) is 5.75 Å². The predicted molar refractivity (Wildman–Crippen MR) is 128 cm³/mol. The van der Waals surface area contributed by atoms with Crippen LogP contribution >= 0.6 is 0 Å². The van der Waals surface area contributed by atoms with Crippen LogP contribution in [-0.2, 0) is 22.2 Å². The van der Waals surface area contributed by atoms with Crippen LogP contribution in [-0.4, -0.2) is 20.2 Å². The molecule has 0 aliphatic carbocycles. The van der Waals surface area contributed by atoms with Gasteiger partial charge in [-0.2, -0.15) is 0 Å². The van der Waals surface area contributed by atoms with Gasteiger partial charge in [-0.05, 0) is 48.0 Å². The summed E-state index contributed by atoms with van der Waals surface area (Å²) in [7, 11) is -3.68. The lowest BCUT2D eigenvalue weighted by Crippen LogP contribution is -2.41. The molecule has 4 rings (SSSR count). The molecule has 3 aromatic carbocycles. The number of hydrogen-bond donors (Lipinski definition) is 2. The van der Waals surface area contributed by atoms with Gasteiger partial charge < -0.3 is 9.15 Å². The number of benzene rings is 3. The molecule has 0 radical (unpaired) electrons. The Labute approximate surface area is 202 Å². The molecule has 0 aliphatic heterocycles. The van der Waals surface area contributed by atoms with E-state index in [4.69, 9.17) is 9.15 Å². The highest BCUT2D eigenvalue weighted by atomic mass is 32.2. The maximum atomic E-state index is 12.6. The van der Waals surface area contributed by atoms with E-state index in [1.165, 1.54) is 24.5 Å². The maximum absolute atomic E-state index is 12.6. The molecular formula is C26H22N2O6S. The number of carbonyl (C=O) groups excluding carboxylic acids is 2. The number of sulfone groups is 1. The van der Waals surface area contributed by atoms with Crippen molar-refractivity contribution >= 4 is 21.7 Å². The molecule has 9 heteroatoms. The third-order valence-electron chi connectivity index (χ3n) is 5.06. The molecule has 0 atom stereocenters. The maximum Gasteiger partial charge on any atom is 0.305 e. The second-order valence-electron chi connectivity index (χ2n) is 7.55. The van der Waals surface area contributed by atoms with Gasteiger partial charge in [0.1, 0.15) is 12.4 Å². The van der Waals surface area contributed by atoms with Crippen LogP contribution in [0.25, 0.3) is 0 Å². The Kier molecular flexibility index (Phi) is 7.27. The third-order valence-corrected chi connectivity index (χ3v) is 6.74. The Morgan fingerprint density at radius 1 is 0.771 bits per heavy atom. The van der Waals surface area contributed by atoms with Crippen LogP contribution in [0.1, 0.15) is 32.0 Å². The van der Waals surface area contributed by atoms with Crippen molar-refractivity contribution in [1.29, 1.82) is 0 Å². The molecule has 35 heavy (non-hydrogen) atoms. The standard InChI is InChI=1S/C26H22N2O6S/c29-25(20-11-13-22(14-12-20)34-17-19-7-3-1-4-8-19)27-28-26(30)24-21(15-16-33-24)18-35(31,32)23-9-5-2-6-10-23/h1-16H,17-18H2,(H,27,29)(H,28,30). The molecule has 0 saturated carbocycles. The third kappa shape index (κ3) is 6.15. The van der Waals surface area contributed by atoms with Crippen molar-refractivity contribution in [3.05, 3.63) is 120 Å². The van der Waals surface area contributed by atoms with E-state index in [1.807, 2.05) is 30.3 Å². The first kappa shape index (κ1) is 23.8. The Hall–Kier alpha value is -4.37. The van der Waals surface area contributed by atoms with Crippen molar-refractivity contribution in [1.82, 2.24) is 10.9 Å². The Bertz CT molecular complexity index is 1400. The van der Waals surface area contributed by atoms with Gasteiger partial charge >= 0.3 is 5.91 Å². The predicted octanol–water partition coefficient (Wildman–Crippen LogP) is 3.91. The number of carbonyl (C=O) groups is 2. The van der Waals surface area contributed by atoms with Gasteiger partial charge in [0.2, 0.25) is 0 Å². The SMILES string of the molecule is O=C(NNC(=O)c1occc1CS(=O)(=O)c1ccccc1)c1ccc(OCc2ccccc2)cc1. The van der Waals surface area contributed by atoms with E-state index in [-0.39, 0.29) is 16.2 Å². The molecule has 0 fully saturated rings. The normalized spacial score (nSPS) is 11.0. The zero-order chi connectivity index (χ0) is 24.7. The smallest absolute Gasteiger partial charge is 0.305 e. The Morgan fingerprint density at radius 3 is 2.09 bits per heavy atom. The van der Waals surface area contributed by atoms with Crippen LogP contribution in [0.3, 0.4) is 0 Å². The van der Waals surface area contributed by atoms with E-state index in [1.54, 1.807) is 42.5 Å². The van der Waals surface area contributed by atoms with Gasteiger partial charge in [0.15, 0.2) is 15.6 Å². The lowest BCUT2D eigenvalue weighted by molar-refractivity contribution is 0.0830. The van der Waals surface area contributed by atoms with E-state index in [0.717, 1.165) is 5.56 Å². The van der Waals surface area contributed by atoms with Gasteiger partial charge in [-0.25, -0.2) is 8.42 Å². The lowest BCUT2D eigenvalue weighted by atomic mass is 10.2. The fourth-order valence-electron chi connectivity index (χ4n) is 3.25. The lowest BCUT2D eigenvalue weighted by Gasteiger charge is -2.09. The van der Waals surface area contributed by atoms with Crippen molar-refractivity contribution in [2.45, 2.75) is 17.3 Å². The van der Waals surface area contributed by atoms with Crippen LogP contribution in [0.2, 0.25) is 0 Å². The Balaban J connectivity index is 1.33. The van der Waals surface area contributed by atoms with Crippen LogP contribution < -0.4 is 15.6 Å². The highest BCUT2D eigenvalue weighted by molar-refractivity contribution is 7.90. The molecule has 0 aliphatic rings. The minimum atomic E-state index is -3.68. The molecule has 0 spiro atoms. The average Bonchev–Trinajstić information content (AvgIpc) is 3.35. The van der Waals surface area contributed by atoms with Gasteiger partial charge in [0.05, 0.1) is 16.9 Å².